The molecule has 22 heavy (non-hydrogen) atoms. The molecular weight excluding hydrogens is 276 g/mol. The van der Waals surface area contributed by atoms with Gasteiger partial charge >= 0.3 is 0 Å². The number of terminal acetylenes is 1. The van der Waals surface area contributed by atoms with Crippen molar-refractivity contribution in [2.75, 3.05) is 36.5 Å². The molecule has 2 heterocycles. The molecule has 6 heteroatoms. The van der Waals surface area contributed by atoms with Gasteiger partial charge in [-0.3, -0.25) is 0 Å². The van der Waals surface area contributed by atoms with E-state index in [0.29, 0.717) is 11.9 Å². The Labute approximate surface area is 129 Å². The highest BCUT2D eigenvalue weighted by Crippen LogP contribution is 2.36. The van der Waals surface area contributed by atoms with Crippen molar-refractivity contribution >= 4 is 17.6 Å². The second-order valence-corrected chi connectivity index (χ2v) is 5.28. The fourth-order valence-corrected chi connectivity index (χ4v) is 2.59. The van der Waals surface area contributed by atoms with E-state index in [0.717, 1.165) is 35.6 Å². The van der Waals surface area contributed by atoms with Gasteiger partial charge in [-0.1, -0.05) is 18.1 Å². The van der Waals surface area contributed by atoms with Crippen LogP contribution in [-0.4, -0.2) is 36.1 Å². The van der Waals surface area contributed by atoms with Crippen molar-refractivity contribution in [1.82, 2.24) is 15.3 Å². The molecule has 1 fully saturated rings. The van der Waals surface area contributed by atoms with Crippen molar-refractivity contribution in [3.8, 4) is 23.5 Å². The molecule has 3 rings (SSSR count). The Morgan fingerprint density at radius 3 is 2.77 bits per heavy atom. The van der Waals surface area contributed by atoms with Crippen LogP contribution in [0.3, 0.4) is 0 Å². The van der Waals surface area contributed by atoms with Gasteiger partial charge in [-0.2, -0.15) is 9.97 Å². The zero-order valence-corrected chi connectivity index (χ0v) is 12.4. The van der Waals surface area contributed by atoms with Crippen LogP contribution in [0.4, 0.5) is 17.6 Å². The summed E-state index contributed by atoms with van der Waals surface area (Å²) in [5.74, 6) is 3.93. The first-order valence-corrected chi connectivity index (χ1v) is 7.04. The molecule has 0 aliphatic carbocycles. The smallest absolute Gasteiger partial charge is 0.223 e. The van der Waals surface area contributed by atoms with Gasteiger partial charge in [0.15, 0.2) is 0 Å². The van der Waals surface area contributed by atoms with E-state index in [1.807, 2.05) is 31.3 Å². The fourth-order valence-electron chi connectivity index (χ4n) is 2.59. The van der Waals surface area contributed by atoms with Crippen LogP contribution in [0.1, 0.15) is 5.56 Å². The van der Waals surface area contributed by atoms with E-state index in [1.54, 1.807) is 0 Å². The molecule has 1 aliphatic heterocycles. The molecule has 1 aromatic heterocycles. The Morgan fingerprint density at radius 2 is 2.09 bits per heavy atom. The van der Waals surface area contributed by atoms with Crippen molar-refractivity contribution < 1.29 is 0 Å². The fraction of sp³-hybridized carbons (Fsp3) is 0.250. The van der Waals surface area contributed by atoms with Crippen LogP contribution >= 0.6 is 0 Å². The molecule has 1 aliphatic rings. The van der Waals surface area contributed by atoms with Crippen LogP contribution in [0.25, 0.3) is 11.1 Å². The Balaban J connectivity index is 2.08. The average Bonchev–Trinajstić information content (AvgIpc) is 2.45. The lowest BCUT2D eigenvalue weighted by atomic mass is 10.0. The predicted molar refractivity (Wildman–Crippen MR) is 89.3 cm³/mol. The molecule has 0 bridgehead atoms. The summed E-state index contributed by atoms with van der Waals surface area (Å²) < 4.78 is 0. The van der Waals surface area contributed by atoms with Gasteiger partial charge in [0, 0.05) is 24.7 Å². The lowest BCUT2D eigenvalue weighted by Gasteiger charge is -2.40. The Bertz CT molecular complexity index is 743. The van der Waals surface area contributed by atoms with Gasteiger partial charge in [-0.25, -0.2) is 0 Å². The van der Waals surface area contributed by atoms with Gasteiger partial charge in [-0.15, -0.1) is 6.42 Å². The van der Waals surface area contributed by atoms with E-state index in [2.05, 4.69) is 26.1 Å². The number of hydrogen-bond acceptors (Lipinski definition) is 6. The lowest BCUT2D eigenvalue weighted by Crippen LogP contribution is -2.57. The van der Waals surface area contributed by atoms with E-state index in [9.17, 15) is 0 Å². The number of nitrogens with two attached hydrogens (primary N) is 2. The molecule has 112 valence electrons. The van der Waals surface area contributed by atoms with E-state index in [1.165, 1.54) is 0 Å². The number of aromatic nitrogens is 2. The van der Waals surface area contributed by atoms with Gasteiger partial charge in [0.25, 0.3) is 0 Å². The number of nitrogens with zero attached hydrogens (tertiary/aromatic N) is 3. The molecular formula is C16H18N6. The third kappa shape index (κ3) is 2.43. The summed E-state index contributed by atoms with van der Waals surface area (Å²) in [6.07, 6.45) is 5.48. The summed E-state index contributed by atoms with van der Waals surface area (Å²) in [6, 6.07) is 8.08. The number of benzene rings is 1. The monoisotopic (exact) mass is 294 g/mol. The SMILES string of the molecule is C#Cc1cccc(-c2c(N)nc(N)nc2N2CC(NC)C2)c1. The number of anilines is 3. The molecule has 0 atom stereocenters. The highest BCUT2D eigenvalue weighted by atomic mass is 15.3. The number of likely N-dealkylation sites (N-methyl/N-ethyl adjacent to an activating group) is 1. The van der Waals surface area contributed by atoms with E-state index in [-0.39, 0.29) is 5.95 Å². The van der Waals surface area contributed by atoms with E-state index >= 15 is 0 Å². The summed E-state index contributed by atoms with van der Waals surface area (Å²) in [5, 5.41) is 3.23. The van der Waals surface area contributed by atoms with Crippen LogP contribution in [0.5, 0.6) is 0 Å². The van der Waals surface area contributed by atoms with Gasteiger partial charge in [0.2, 0.25) is 5.95 Å². The zero-order valence-electron chi connectivity index (χ0n) is 12.4. The highest BCUT2D eigenvalue weighted by Gasteiger charge is 2.29. The summed E-state index contributed by atoms with van der Waals surface area (Å²) in [4.78, 5) is 10.6. The molecule has 0 amide bonds. The number of nitrogens with one attached hydrogen (secondary N) is 1. The van der Waals surface area contributed by atoms with Crippen LogP contribution < -0.4 is 21.7 Å². The standard InChI is InChI=1S/C16H18N6/c1-3-10-5-4-6-11(7-10)13-14(17)20-16(18)21-15(13)22-8-12(9-22)19-2/h1,4-7,12,19H,8-9H2,2H3,(H4,17,18,20,21). The van der Waals surface area contributed by atoms with Crippen molar-refractivity contribution in [2.24, 2.45) is 0 Å². The van der Waals surface area contributed by atoms with Crippen molar-refractivity contribution in [1.29, 1.82) is 0 Å². The quantitative estimate of drug-likeness (QED) is 0.722. The molecule has 5 N–H and O–H groups in total. The van der Waals surface area contributed by atoms with Crippen LogP contribution in [0.15, 0.2) is 24.3 Å². The topological polar surface area (TPSA) is 93.1 Å². The van der Waals surface area contributed by atoms with Gasteiger partial charge in [0.05, 0.1) is 5.56 Å². The minimum atomic E-state index is 0.178. The van der Waals surface area contributed by atoms with Crippen molar-refractivity contribution in [3.05, 3.63) is 29.8 Å². The summed E-state index contributed by atoms with van der Waals surface area (Å²) in [6.45, 7) is 1.71. The third-order valence-electron chi connectivity index (χ3n) is 3.84. The predicted octanol–water partition coefficient (Wildman–Crippen LogP) is 0.697. The average molecular weight is 294 g/mol. The molecule has 0 spiro atoms. The summed E-state index contributed by atoms with van der Waals surface area (Å²) in [5.41, 5.74) is 14.3. The third-order valence-corrected chi connectivity index (χ3v) is 3.84. The number of hydrogen-bond donors (Lipinski definition) is 3. The van der Waals surface area contributed by atoms with Crippen molar-refractivity contribution in [3.63, 3.8) is 0 Å². The van der Waals surface area contributed by atoms with Crippen LogP contribution in [-0.2, 0) is 0 Å². The Kier molecular flexibility index (Phi) is 3.57. The van der Waals surface area contributed by atoms with Gasteiger partial charge in [-0.05, 0) is 24.7 Å². The molecule has 1 aromatic carbocycles. The molecule has 0 saturated carbocycles. The maximum atomic E-state index is 6.10. The number of rotatable bonds is 3. The molecule has 1 saturated heterocycles. The summed E-state index contributed by atoms with van der Waals surface area (Å²) in [7, 11) is 1.95. The zero-order chi connectivity index (χ0) is 15.7. The molecule has 0 unspecified atom stereocenters. The normalized spacial score (nSPS) is 14.5. The second kappa shape index (κ2) is 5.54. The molecule has 6 nitrogen and oxygen atoms in total. The maximum Gasteiger partial charge on any atom is 0.223 e. The largest absolute Gasteiger partial charge is 0.383 e. The van der Waals surface area contributed by atoms with E-state index in [4.69, 9.17) is 17.9 Å². The van der Waals surface area contributed by atoms with Gasteiger partial charge in [0.1, 0.15) is 11.6 Å². The first kappa shape index (κ1) is 14.2. The minimum absolute atomic E-state index is 0.178. The van der Waals surface area contributed by atoms with E-state index < -0.39 is 0 Å². The molecule has 2 aromatic rings. The van der Waals surface area contributed by atoms with Crippen LogP contribution in [0.2, 0.25) is 0 Å². The first-order chi connectivity index (χ1) is 10.6. The second-order valence-electron chi connectivity index (χ2n) is 5.28. The highest BCUT2D eigenvalue weighted by molar-refractivity contribution is 5.86. The van der Waals surface area contributed by atoms with Crippen LogP contribution in [0, 0.1) is 12.3 Å². The maximum absolute atomic E-state index is 6.10. The van der Waals surface area contributed by atoms with Gasteiger partial charge < -0.3 is 21.7 Å². The number of nitrogen functional groups attached to an aromatic ring is 2. The Morgan fingerprint density at radius 1 is 1.32 bits per heavy atom. The Hall–Kier alpha value is -2.78. The summed E-state index contributed by atoms with van der Waals surface area (Å²) >= 11 is 0. The van der Waals surface area contributed by atoms with Crippen molar-refractivity contribution in [2.45, 2.75) is 6.04 Å². The first-order valence-electron chi connectivity index (χ1n) is 7.04. The lowest BCUT2D eigenvalue weighted by molar-refractivity contribution is 0.447. The minimum Gasteiger partial charge on any atom is -0.383 e. The molecule has 0 radical (unpaired) electrons.